The minimum absolute atomic E-state index is 0.146. The fraction of sp³-hybridized carbons (Fsp3) is 0.538. The van der Waals surface area contributed by atoms with Gasteiger partial charge in [0.25, 0.3) is 5.69 Å². The number of nitrogens with one attached hydrogen (secondary N) is 2. The third-order valence-electron chi connectivity index (χ3n) is 3.28. The molecule has 5 nitrogen and oxygen atoms in total. The van der Waals surface area contributed by atoms with Crippen LogP contribution in [-0.4, -0.2) is 24.1 Å². The lowest BCUT2D eigenvalue weighted by atomic mass is 10.1. The molecule has 0 bridgehead atoms. The third-order valence-corrected chi connectivity index (χ3v) is 3.28. The minimum atomic E-state index is -0.372. The molecule has 1 fully saturated rings. The SMILES string of the molecule is O=[N+]([O-])c1ccc(CNCC2CCCCN2)cc1. The van der Waals surface area contributed by atoms with Crippen molar-refractivity contribution < 1.29 is 4.92 Å². The number of nitro groups is 1. The normalized spacial score (nSPS) is 19.7. The van der Waals surface area contributed by atoms with E-state index < -0.39 is 0 Å². The lowest BCUT2D eigenvalue weighted by Gasteiger charge is -2.23. The summed E-state index contributed by atoms with van der Waals surface area (Å²) < 4.78 is 0. The Morgan fingerprint density at radius 2 is 2.11 bits per heavy atom. The summed E-state index contributed by atoms with van der Waals surface area (Å²) in [4.78, 5) is 10.1. The van der Waals surface area contributed by atoms with Crippen LogP contribution in [0.25, 0.3) is 0 Å². The zero-order valence-electron chi connectivity index (χ0n) is 10.4. The first-order valence-electron chi connectivity index (χ1n) is 6.43. The molecule has 0 radical (unpaired) electrons. The van der Waals surface area contributed by atoms with Crippen LogP contribution in [0.5, 0.6) is 0 Å². The summed E-state index contributed by atoms with van der Waals surface area (Å²) in [5, 5.41) is 17.4. The molecule has 1 aliphatic heterocycles. The summed E-state index contributed by atoms with van der Waals surface area (Å²) in [5.74, 6) is 0. The standard InChI is InChI=1S/C13H19N3O2/c17-16(18)13-6-4-11(5-7-13)9-14-10-12-3-1-2-8-15-12/h4-7,12,14-15H,1-3,8-10H2. The lowest BCUT2D eigenvalue weighted by Crippen LogP contribution is -2.41. The molecule has 2 rings (SSSR count). The zero-order valence-corrected chi connectivity index (χ0v) is 10.4. The van der Waals surface area contributed by atoms with Crippen LogP contribution in [0.1, 0.15) is 24.8 Å². The van der Waals surface area contributed by atoms with Crippen molar-refractivity contribution in [1.82, 2.24) is 10.6 Å². The number of non-ortho nitro benzene ring substituents is 1. The monoisotopic (exact) mass is 249 g/mol. The Hall–Kier alpha value is -1.46. The smallest absolute Gasteiger partial charge is 0.269 e. The Labute approximate surface area is 107 Å². The molecule has 1 aliphatic rings. The van der Waals surface area contributed by atoms with Gasteiger partial charge in [0.15, 0.2) is 0 Å². The van der Waals surface area contributed by atoms with E-state index in [-0.39, 0.29) is 10.6 Å². The van der Waals surface area contributed by atoms with E-state index in [0.29, 0.717) is 6.04 Å². The average molecular weight is 249 g/mol. The molecule has 1 aromatic carbocycles. The number of hydrogen-bond acceptors (Lipinski definition) is 4. The Morgan fingerprint density at radius 3 is 2.72 bits per heavy atom. The van der Waals surface area contributed by atoms with Gasteiger partial charge in [0.05, 0.1) is 4.92 Å². The summed E-state index contributed by atoms with van der Waals surface area (Å²) in [6.45, 7) is 2.83. The van der Waals surface area contributed by atoms with Gasteiger partial charge in [0, 0.05) is 31.3 Å². The van der Waals surface area contributed by atoms with E-state index >= 15 is 0 Å². The van der Waals surface area contributed by atoms with Crippen LogP contribution < -0.4 is 10.6 Å². The van der Waals surface area contributed by atoms with Crippen molar-refractivity contribution in [3.8, 4) is 0 Å². The second kappa shape index (κ2) is 6.47. The maximum atomic E-state index is 10.5. The molecular weight excluding hydrogens is 230 g/mol. The highest BCUT2D eigenvalue weighted by Gasteiger charge is 2.11. The summed E-state index contributed by atoms with van der Waals surface area (Å²) in [7, 11) is 0. The van der Waals surface area contributed by atoms with Crippen molar-refractivity contribution in [1.29, 1.82) is 0 Å². The zero-order chi connectivity index (χ0) is 12.8. The van der Waals surface area contributed by atoms with E-state index in [1.165, 1.54) is 19.3 Å². The molecule has 1 aromatic rings. The molecular formula is C13H19N3O2. The van der Waals surface area contributed by atoms with Crippen LogP contribution in [0, 0.1) is 10.1 Å². The van der Waals surface area contributed by atoms with Gasteiger partial charge in [-0.15, -0.1) is 0 Å². The van der Waals surface area contributed by atoms with Gasteiger partial charge >= 0.3 is 0 Å². The maximum absolute atomic E-state index is 10.5. The molecule has 1 saturated heterocycles. The highest BCUT2D eigenvalue weighted by Crippen LogP contribution is 2.12. The van der Waals surface area contributed by atoms with Crippen LogP contribution in [-0.2, 0) is 6.54 Å². The Morgan fingerprint density at radius 1 is 1.33 bits per heavy atom. The maximum Gasteiger partial charge on any atom is 0.269 e. The lowest BCUT2D eigenvalue weighted by molar-refractivity contribution is -0.384. The Balaban J connectivity index is 1.74. The molecule has 0 aromatic heterocycles. The molecule has 98 valence electrons. The molecule has 1 atom stereocenters. The van der Waals surface area contributed by atoms with E-state index in [0.717, 1.165) is 25.2 Å². The summed E-state index contributed by atoms with van der Waals surface area (Å²) >= 11 is 0. The van der Waals surface area contributed by atoms with E-state index in [1.807, 2.05) is 0 Å². The van der Waals surface area contributed by atoms with Crippen molar-refractivity contribution in [3.05, 3.63) is 39.9 Å². The van der Waals surface area contributed by atoms with Gasteiger partial charge in [-0.25, -0.2) is 0 Å². The van der Waals surface area contributed by atoms with E-state index in [4.69, 9.17) is 0 Å². The van der Waals surface area contributed by atoms with E-state index in [9.17, 15) is 10.1 Å². The summed E-state index contributed by atoms with van der Waals surface area (Å²) in [6, 6.07) is 7.28. The molecule has 1 unspecified atom stereocenters. The van der Waals surface area contributed by atoms with Gasteiger partial charge in [-0.2, -0.15) is 0 Å². The van der Waals surface area contributed by atoms with Gasteiger partial charge in [-0.3, -0.25) is 10.1 Å². The first-order valence-corrected chi connectivity index (χ1v) is 6.43. The number of piperidine rings is 1. The highest BCUT2D eigenvalue weighted by atomic mass is 16.6. The number of hydrogen-bond donors (Lipinski definition) is 2. The van der Waals surface area contributed by atoms with Crippen LogP contribution in [0.15, 0.2) is 24.3 Å². The molecule has 0 spiro atoms. The van der Waals surface area contributed by atoms with Gasteiger partial charge in [0.1, 0.15) is 0 Å². The second-order valence-corrected chi connectivity index (χ2v) is 4.70. The predicted molar refractivity (Wildman–Crippen MR) is 70.4 cm³/mol. The number of rotatable bonds is 5. The third kappa shape index (κ3) is 3.78. The van der Waals surface area contributed by atoms with Crippen molar-refractivity contribution in [2.45, 2.75) is 31.8 Å². The first-order chi connectivity index (χ1) is 8.75. The fourth-order valence-electron chi connectivity index (χ4n) is 2.22. The van der Waals surface area contributed by atoms with Gasteiger partial charge < -0.3 is 10.6 Å². The van der Waals surface area contributed by atoms with Gasteiger partial charge in [-0.05, 0) is 24.9 Å². The summed E-state index contributed by atoms with van der Waals surface area (Å²) in [5.41, 5.74) is 1.23. The van der Waals surface area contributed by atoms with Crippen molar-refractivity contribution in [2.24, 2.45) is 0 Å². The van der Waals surface area contributed by atoms with Crippen LogP contribution in [0.4, 0.5) is 5.69 Å². The molecule has 0 aliphatic carbocycles. The highest BCUT2D eigenvalue weighted by molar-refractivity contribution is 5.32. The predicted octanol–water partition coefficient (Wildman–Crippen LogP) is 1.83. The second-order valence-electron chi connectivity index (χ2n) is 4.70. The van der Waals surface area contributed by atoms with Gasteiger partial charge in [0.2, 0.25) is 0 Å². The van der Waals surface area contributed by atoms with E-state index in [1.54, 1.807) is 24.3 Å². The van der Waals surface area contributed by atoms with Crippen LogP contribution >= 0.6 is 0 Å². The van der Waals surface area contributed by atoms with Crippen LogP contribution in [0.2, 0.25) is 0 Å². The first kappa shape index (κ1) is 13.0. The van der Waals surface area contributed by atoms with E-state index in [2.05, 4.69) is 10.6 Å². The molecule has 2 N–H and O–H groups in total. The Kier molecular flexibility index (Phi) is 4.66. The quantitative estimate of drug-likeness (QED) is 0.617. The molecule has 18 heavy (non-hydrogen) atoms. The van der Waals surface area contributed by atoms with Crippen molar-refractivity contribution >= 4 is 5.69 Å². The van der Waals surface area contributed by atoms with Gasteiger partial charge in [-0.1, -0.05) is 18.6 Å². The average Bonchev–Trinajstić information content (AvgIpc) is 2.40. The summed E-state index contributed by atoms with van der Waals surface area (Å²) in [6.07, 6.45) is 3.81. The molecule has 1 heterocycles. The number of benzene rings is 1. The molecule has 0 saturated carbocycles. The molecule has 5 heteroatoms. The fourth-order valence-corrected chi connectivity index (χ4v) is 2.22. The number of nitro benzene ring substituents is 1. The topological polar surface area (TPSA) is 67.2 Å². The van der Waals surface area contributed by atoms with Crippen molar-refractivity contribution in [2.75, 3.05) is 13.1 Å². The van der Waals surface area contributed by atoms with Crippen LogP contribution in [0.3, 0.4) is 0 Å². The number of nitrogens with zero attached hydrogens (tertiary/aromatic N) is 1. The largest absolute Gasteiger partial charge is 0.313 e. The van der Waals surface area contributed by atoms with Crippen molar-refractivity contribution in [3.63, 3.8) is 0 Å². The molecule has 0 amide bonds. The minimum Gasteiger partial charge on any atom is -0.313 e. The Bertz CT molecular complexity index is 386.